The molecule has 0 aliphatic heterocycles. The van der Waals surface area contributed by atoms with Crippen LogP contribution in [0.25, 0.3) is 0 Å². The number of esters is 1. The molecule has 58 heavy (non-hydrogen) atoms. The molecule has 0 rings (SSSR count). The van der Waals surface area contributed by atoms with Gasteiger partial charge in [0.05, 0.1) is 34.4 Å². The Morgan fingerprint density at radius 2 is 1.00 bits per heavy atom. The highest BCUT2D eigenvalue weighted by molar-refractivity contribution is 7.47. The SMILES string of the molecule is CC/C=C\C/C=C\C/C=C\C/C=C\C/C=C\CCCCCCCCCC(=O)OC(COCCCCCCCCCCCCCCC)COP(=O)(O)OCC[N+](C)(C)C. The third-order valence-electron chi connectivity index (χ3n) is 9.84. The number of nitrogens with zero attached hydrogens (tertiary/aromatic N) is 1. The molecule has 0 amide bonds. The van der Waals surface area contributed by atoms with Gasteiger partial charge in [-0.15, -0.1) is 0 Å². The van der Waals surface area contributed by atoms with E-state index >= 15 is 0 Å². The van der Waals surface area contributed by atoms with Crippen LogP contribution in [0.3, 0.4) is 0 Å². The van der Waals surface area contributed by atoms with Gasteiger partial charge in [-0.3, -0.25) is 13.8 Å². The lowest BCUT2D eigenvalue weighted by Crippen LogP contribution is -2.37. The second kappa shape index (κ2) is 41.9. The summed E-state index contributed by atoms with van der Waals surface area (Å²) >= 11 is 0. The van der Waals surface area contributed by atoms with Crippen molar-refractivity contribution in [2.75, 3.05) is 54.1 Å². The molecule has 2 atom stereocenters. The Balaban J connectivity index is 4.20. The second-order valence-corrected chi connectivity index (χ2v) is 18.2. The Morgan fingerprint density at radius 3 is 1.50 bits per heavy atom. The molecule has 0 aliphatic rings. The number of carbonyl (C=O) groups is 1. The van der Waals surface area contributed by atoms with E-state index in [1.54, 1.807) is 0 Å². The molecule has 0 heterocycles. The maximum Gasteiger partial charge on any atom is 0.472 e. The Hall–Kier alpha value is -1.80. The summed E-state index contributed by atoms with van der Waals surface area (Å²) in [4.78, 5) is 22.9. The van der Waals surface area contributed by atoms with E-state index in [9.17, 15) is 14.3 Å². The topological polar surface area (TPSA) is 91.3 Å². The van der Waals surface area contributed by atoms with Crippen molar-refractivity contribution in [1.82, 2.24) is 0 Å². The Labute approximate surface area is 358 Å². The van der Waals surface area contributed by atoms with Crippen LogP contribution >= 0.6 is 7.82 Å². The van der Waals surface area contributed by atoms with Gasteiger partial charge in [0.25, 0.3) is 0 Å². The van der Waals surface area contributed by atoms with Crippen molar-refractivity contribution < 1.29 is 37.3 Å². The normalized spacial score (nSPS) is 14.2. The molecule has 0 aromatic rings. The predicted octanol–water partition coefficient (Wildman–Crippen LogP) is 14.1. The number of hydrogen-bond donors (Lipinski definition) is 1. The first-order valence-electron chi connectivity index (χ1n) is 23.5. The molecule has 0 aromatic heterocycles. The number of rotatable bonds is 43. The van der Waals surface area contributed by atoms with Crippen LogP contribution < -0.4 is 0 Å². The first-order chi connectivity index (χ1) is 28.1. The molecule has 1 N–H and O–H groups in total. The van der Waals surface area contributed by atoms with Gasteiger partial charge in [-0.1, -0.05) is 184 Å². The van der Waals surface area contributed by atoms with Gasteiger partial charge in [0.1, 0.15) is 19.3 Å². The summed E-state index contributed by atoms with van der Waals surface area (Å²) in [7, 11) is 1.66. The fourth-order valence-electron chi connectivity index (χ4n) is 6.23. The zero-order chi connectivity index (χ0) is 42.7. The Morgan fingerprint density at radius 1 is 0.552 bits per heavy atom. The van der Waals surface area contributed by atoms with Crippen LogP contribution in [0, 0.1) is 0 Å². The number of likely N-dealkylation sites (N-methyl/N-ethyl adjacent to an activating group) is 1. The molecule has 0 radical (unpaired) electrons. The number of allylic oxidation sites excluding steroid dienone is 10. The highest BCUT2D eigenvalue weighted by Crippen LogP contribution is 2.43. The highest BCUT2D eigenvalue weighted by atomic mass is 31.2. The highest BCUT2D eigenvalue weighted by Gasteiger charge is 2.26. The van der Waals surface area contributed by atoms with Crippen LogP contribution in [0.2, 0.25) is 0 Å². The molecule has 0 saturated carbocycles. The summed E-state index contributed by atoms with van der Waals surface area (Å²) in [5, 5.41) is 0. The van der Waals surface area contributed by atoms with Crippen molar-refractivity contribution >= 4 is 13.8 Å². The average molecular weight is 837 g/mol. The molecule has 0 spiro atoms. The molecular formula is C49H91NO7P+. The molecular weight excluding hydrogens is 746 g/mol. The largest absolute Gasteiger partial charge is 0.472 e. The molecule has 338 valence electrons. The van der Waals surface area contributed by atoms with E-state index in [0.717, 1.165) is 70.6 Å². The fourth-order valence-corrected chi connectivity index (χ4v) is 6.97. The van der Waals surface area contributed by atoms with Crippen LogP contribution in [0.15, 0.2) is 60.8 Å². The van der Waals surface area contributed by atoms with Crippen LogP contribution in [0.4, 0.5) is 0 Å². The summed E-state index contributed by atoms with van der Waals surface area (Å²) in [6, 6.07) is 0. The van der Waals surface area contributed by atoms with Gasteiger partial charge in [0.15, 0.2) is 0 Å². The molecule has 9 heteroatoms. The van der Waals surface area contributed by atoms with E-state index < -0.39 is 13.9 Å². The molecule has 0 bridgehead atoms. The van der Waals surface area contributed by atoms with Gasteiger partial charge in [0.2, 0.25) is 0 Å². The number of phosphoric ester groups is 1. The molecule has 0 saturated heterocycles. The first kappa shape index (κ1) is 56.2. The second-order valence-electron chi connectivity index (χ2n) is 16.8. The molecule has 0 fully saturated rings. The monoisotopic (exact) mass is 837 g/mol. The van der Waals surface area contributed by atoms with Crippen molar-refractivity contribution in [3.8, 4) is 0 Å². The maximum absolute atomic E-state index is 12.7. The average Bonchev–Trinajstić information content (AvgIpc) is 3.18. The smallest absolute Gasteiger partial charge is 0.457 e. The van der Waals surface area contributed by atoms with Crippen LogP contribution in [0.5, 0.6) is 0 Å². The third-order valence-corrected chi connectivity index (χ3v) is 10.8. The first-order valence-corrected chi connectivity index (χ1v) is 25.0. The summed E-state index contributed by atoms with van der Waals surface area (Å²) in [6.45, 7) is 5.50. The lowest BCUT2D eigenvalue weighted by Gasteiger charge is -2.24. The van der Waals surface area contributed by atoms with Crippen LogP contribution in [-0.4, -0.2) is 75.6 Å². The van der Waals surface area contributed by atoms with Crippen molar-refractivity contribution in [3.63, 3.8) is 0 Å². The zero-order valence-corrected chi connectivity index (χ0v) is 39.2. The quantitative estimate of drug-likeness (QED) is 0.0215. The summed E-state index contributed by atoms with van der Waals surface area (Å²) in [6.07, 6.45) is 52.5. The van der Waals surface area contributed by atoms with E-state index in [1.807, 2.05) is 21.1 Å². The van der Waals surface area contributed by atoms with E-state index in [-0.39, 0.29) is 25.8 Å². The third kappa shape index (κ3) is 45.3. The van der Waals surface area contributed by atoms with E-state index in [1.165, 1.54) is 96.3 Å². The fraction of sp³-hybridized carbons (Fsp3) is 0.776. The van der Waals surface area contributed by atoms with Crippen LogP contribution in [-0.2, 0) is 27.9 Å². The lowest BCUT2D eigenvalue weighted by molar-refractivity contribution is -0.870. The maximum atomic E-state index is 12.7. The number of carbonyl (C=O) groups excluding carboxylic acids is 1. The van der Waals surface area contributed by atoms with Crippen molar-refractivity contribution in [3.05, 3.63) is 60.8 Å². The van der Waals surface area contributed by atoms with Gasteiger partial charge in [-0.2, -0.15) is 0 Å². The molecule has 8 nitrogen and oxygen atoms in total. The van der Waals surface area contributed by atoms with Gasteiger partial charge in [0, 0.05) is 13.0 Å². The number of quaternary nitrogens is 1. The zero-order valence-electron chi connectivity index (χ0n) is 38.3. The van der Waals surface area contributed by atoms with E-state index in [4.69, 9.17) is 18.5 Å². The summed E-state index contributed by atoms with van der Waals surface area (Å²) < 4.78 is 35.0. The predicted molar refractivity (Wildman–Crippen MR) is 247 cm³/mol. The minimum Gasteiger partial charge on any atom is -0.457 e. The number of hydrogen-bond acceptors (Lipinski definition) is 6. The van der Waals surface area contributed by atoms with Crippen molar-refractivity contribution in [1.29, 1.82) is 0 Å². The Kier molecular flexibility index (Phi) is 40.6. The number of phosphoric acid groups is 1. The standard InChI is InChI=1S/C49H90NO7P/c1-6-8-10-12-14-16-18-20-21-22-23-24-25-26-27-28-29-30-32-34-36-38-40-42-49(51)57-48(47-56-58(52,53)55-45-43-50(3,4)5)46-54-44-41-39-37-35-33-31-19-17-15-13-11-9-7-2/h8,10,14,16,20-21,23-24,26-27,48H,6-7,9,11-13,15,17-19,22,25,28-47H2,1-5H3/p+1/b10-8-,16-14-,21-20-,24-23-,27-26-. The lowest BCUT2D eigenvalue weighted by atomic mass is 10.0. The van der Waals surface area contributed by atoms with E-state index in [0.29, 0.717) is 24.1 Å². The number of unbranched alkanes of at least 4 members (excludes halogenated alkanes) is 19. The number of ether oxygens (including phenoxy) is 2. The summed E-state index contributed by atoms with van der Waals surface area (Å²) in [5.41, 5.74) is 0. The van der Waals surface area contributed by atoms with Gasteiger partial charge >= 0.3 is 13.8 Å². The Bertz CT molecular complexity index is 1110. The minimum absolute atomic E-state index is 0.0849. The van der Waals surface area contributed by atoms with Gasteiger partial charge in [-0.25, -0.2) is 4.57 Å². The molecule has 2 unspecified atom stereocenters. The minimum atomic E-state index is -4.28. The molecule has 0 aliphatic carbocycles. The van der Waals surface area contributed by atoms with Crippen molar-refractivity contribution in [2.24, 2.45) is 0 Å². The molecule has 0 aromatic carbocycles. The van der Waals surface area contributed by atoms with Gasteiger partial charge < -0.3 is 18.9 Å². The van der Waals surface area contributed by atoms with E-state index in [2.05, 4.69) is 74.6 Å². The summed E-state index contributed by atoms with van der Waals surface area (Å²) in [5.74, 6) is -0.325. The van der Waals surface area contributed by atoms with Gasteiger partial charge in [-0.05, 0) is 57.8 Å². The van der Waals surface area contributed by atoms with Crippen molar-refractivity contribution in [2.45, 2.75) is 193 Å². The van der Waals surface area contributed by atoms with Crippen LogP contribution in [0.1, 0.15) is 187 Å².